The Hall–Kier alpha value is -3.46. The smallest absolute Gasteiger partial charge is 0.308 e. The van der Waals surface area contributed by atoms with Crippen LogP contribution in [0, 0.1) is 24.5 Å². The number of rotatable bonds is 7. The molecular formula is C23H21ClF2N2O5. The average Bonchev–Trinajstić information content (AvgIpc) is 3.02. The number of phenols is 1. The number of aromatic hydroxyl groups is 1. The van der Waals surface area contributed by atoms with Crippen molar-refractivity contribution in [3.05, 3.63) is 63.8 Å². The van der Waals surface area contributed by atoms with Gasteiger partial charge in [0, 0.05) is 35.7 Å². The second-order valence-corrected chi connectivity index (χ2v) is 8.10. The molecule has 1 heterocycles. The summed E-state index contributed by atoms with van der Waals surface area (Å²) in [5.74, 6) is -5.18. The van der Waals surface area contributed by atoms with Crippen LogP contribution in [0.15, 0.2) is 30.3 Å². The van der Waals surface area contributed by atoms with Crippen molar-refractivity contribution in [1.29, 1.82) is 0 Å². The van der Waals surface area contributed by atoms with Crippen molar-refractivity contribution in [3.8, 4) is 5.75 Å². The Morgan fingerprint density at radius 1 is 1.15 bits per heavy atom. The average molecular weight is 479 g/mol. The number of hydrogen-bond donors (Lipinski definition) is 3. The van der Waals surface area contributed by atoms with E-state index < -0.39 is 41.1 Å². The van der Waals surface area contributed by atoms with Crippen LogP contribution in [0.25, 0.3) is 10.9 Å². The number of carbonyl (C=O) groups excluding carboxylic acids is 2. The molecule has 0 unspecified atom stereocenters. The van der Waals surface area contributed by atoms with Gasteiger partial charge in [-0.2, -0.15) is 0 Å². The Morgan fingerprint density at radius 3 is 2.48 bits per heavy atom. The highest BCUT2D eigenvalue weighted by Crippen LogP contribution is 2.32. The predicted octanol–water partition coefficient (Wildman–Crippen LogP) is 4.04. The maximum atomic E-state index is 14.1. The molecule has 1 aromatic heterocycles. The number of nitrogens with one attached hydrogen (secondary N) is 1. The second kappa shape index (κ2) is 9.58. The molecule has 0 aliphatic rings. The first-order chi connectivity index (χ1) is 15.5. The van der Waals surface area contributed by atoms with Crippen molar-refractivity contribution in [3.63, 3.8) is 0 Å². The Morgan fingerprint density at radius 2 is 1.85 bits per heavy atom. The minimum absolute atomic E-state index is 0.0164. The molecule has 174 valence electrons. The van der Waals surface area contributed by atoms with Gasteiger partial charge in [-0.1, -0.05) is 18.5 Å². The van der Waals surface area contributed by atoms with Gasteiger partial charge in [-0.25, -0.2) is 8.78 Å². The van der Waals surface area contributed by atoms with E-state index in [0.717, 1.165) is 12.1 Å². The van der Waals surface area contributed by atoms with E-state index in [1.165, 1.54) is 29.7 Å². The van der Waals surface area contributed by atoms with Crippen molar-refractivity contribution >= 4 is 40.3 Å². The van der Waals surface area contributed by atoms with Crippen LogP contribution in [0.5, 0.6) is 5.75 Å². The summed E-state index contributed by atoms with van der Waals surface area (Å²) in [7, 11) is 0. The fourth-order valence-corrected chi connectivity index (χ4v) is 3.62. The third kappa shape index (κ3) is 4.98. The maximum Gasteiger partial charge on any atom is 0.308 e. The van der Waals surface area contributed by atoms with Crippen LogP contribution in [-0.4, -0.2) is 39.1 Å². The number of fused-ring (bicyclic) bond motifs is 1. The number of phenolic OH excluding ortho intramolecular Hbond substituents is 1. The zero-order valence-corrected chi connectivity index (χ0v) is 18.5. The lowest BCUT2D eigenvalue weighted by molar-refractivity contribution is -0.141. The molecule has 3 aromatic rings. The van der Waals surface area contributed by atoms with E-state index in [-0.39, 0.29) is 35.5 Å². The highest BCUT2D eigenvalue weighted by atomic mass is 35.5. The molecule has 0 aliphatic heterocycles. The number of benzene rings is 2. The number of carboxylic acid groups (broad SMARTS) is 1. The number of amides is 1. The first kappa shape index (κ1) is 24.2. The number of aliphatic carboxylic acids is 1. The first-order valence-electron chi connectivity index (χ1n) is 10.0. The van der Waals surface area contributed by atoms with Crippen molar-refractivity contribution < 1.29 is 33.4 Å². The van der Waals surface area contributed by atoms with Crippen molar-refractivity contribution in [1.82, 2.24) is 9.88 Å². The van der Waals surface area contributed by atoms with Gasteiger partial charge in [0.05, 0.1) is 16.5 Å². The fraction of sp³-hybridized carbons (Fsp3) is 0.261. The number of aromatic nitrogens is 1. The lowest BCUT2D eigenvalue weighted by atomic mass is 10.0. The summed E-state index contributed by atoms with van der Waals surface area (Å²) in [6.45, 7) is 3.02. The number of aryl methyl sites for hydroxylation is 1. The lowest BCUT2D eigenvalue weighted by Crippen LogP contribution is -2.31. The van der Waals surface area contributed by atoms with Gasteiger partial charge in [0.25, 0.3) is 5.91 Å². The molecule has 2 aromatic carbocycles. The van der Waals surface area contributed by atoms with E-state index in [1.807, 2.05) is 0 Å². The largest absolute Gasteiger partial charge is 0.505 e. The van der Waals surface area contributed by atoms with Crippen LogP contribution in [0.1, 0.15) is 35.0 Å². The van der Waals surface area contributed by atoms with Gasteiger partial charge in [0.15, 0.2) is 11.6 Å². The van der Waals surface area contributed by atoms with Crippen molar-refractivity contribution in [2.75, 3.05) is 6.54 Å². The molecule has 10 heteroatoms. The van der Waals surface area contributed by atoms with Gasteiger partial charge < -0.3 is 15.5 Å². The van der Waals surface area contributed by atoms with E-state index in [9.17, 15) is 28.3 Å². The van der Waals surface area contributed by atoms with E-state index in [2.05, 4.69) is 5.32 Å². The molecular weight excluding hydrogens is 458 g/mol. The third-order valence-corrected chi connectivity index (χ3v) is 5.71. The first-order valence-corrected chi connectivity index (χ1v) is 10.4. The molecule has 3 N–H and O–H groups in total. The number of carboxylic acids is 1. The summed E-state index contributed by atoms with van der Waals surface area (Å²) < 4.78 is 29.3. The van der Waals surface area contributed by atoms with Crippen LogP contribution in [0.4, 0.5) is 8.78 Å². The molecule has 7 nitrogen and oxygen atoms in total. The summed E-state index contributed by atoms with van der Waals surface area (Å²) in [6.07, 6.45) is 0.101. The molecule has 33 heavy (non-hydrogen) atoms. The van der Waals surface area contributed by atoms with Crippen molar-refractivity contribution in [2.45, 2.75) is 26.7 Å². The molecule has 1 amide bonds. The molecule has 0 aliphatic carbocycles. The summed E-state index contributed by atoms with van der Waals surface area (Å²) in [5, 5.41) is 21.5. The Labute approximate surface area is 192 Å². The Bertz CT molecular complexity index is 1270. The highest BCUT2D eigenvalue weighted by molar-refractivity contribution is 6.30. The number of nitrogens with zero attached hydrogens (tertiary/aromatic N) is 1. The SMILES string of the molecule is Cc1c(CCC(=O)NC[C@H](C)C(=O)O)c2cc(O)c(F)cc2n1C(=O)c1ccc(Cl)c(F)c1. The summed E-state index contributed by atoms with van der Waals surface area (Å²) in [5.41, 5.74) is 1.04. The number of halogens is 3. The van der Waals surface area contributed by atoms with Crippen LogP contribution in [0.2, 0.25) is 5.02 Å². The van der Waals surface area contributed by atoms with Gasteiger partial charge in [0.2, 0.25) is 5.91 Å². The van der Waals surface area contributed by atoms with E-state index >= 15 is 0 Å². The lowest BCUT2D eigenvalue weighted by Gasteiger charge is -2.09. The number of hydrogen-bond acceptors (Lipinski definition) is 4. The molecule has 0 fully saturated rings. The minimum atomic E-state index is -1.04. The van der Waals surface area contributed by atoms with Crippen molar-refractivity contribution in [2.24, 2.45) is 5.92 Å². The van der Waals surface area contributed by atoms with Gasteiger partial charge >= 0.3 is 5.97 Å². The van der Waals surface area contributed by atoms with Crippen LogP contribution >= 0.6 is 11.6 Å². The van der Waals surface area contributed by atoms with Gasteiger partial charge in [0.1, 0.15) is 5.82 Å². The Kier molecular flexibility index (Phi) is 7.02. The normalized spacial score (nSPS) is 12.0. The summed E-state index contributed by atoms with van der Waals surface area (Å²) in [6, 6.07) is 5.72. The maximum absolute atomic E-state index is 14.1. The monoisotopic (exact) mass is 478 g/mol. The topological polar surface area (TPSA) is 109 Å². The molecule has 0 saturated carbocycles. The molecule has 0 spiro atoms. The predicted molar refractivity (Wildman–Crippen MR) is 118 cm³/mol. The van der Waals surface area contributed by atoms with Gasteiger partial charge in [-0.3, -0.25) is 19.0 Å². The molecule has 1 atom stereocenters. The molecule has 0 saturated heterocycles. The quantitative estimate of drug-likeness (QED) is 0.475. The van der Waals surface area contributed by atoms with E-state index in [1.54, 1.807) is 6.92 Å². The second-order valence-electron chi connectivity index (χ2n) is 7.70. The minimum Gasteiger partial charge on any atom is -0.505 e. The molecule has 0 bridgehead atoms. The van der Waals surface area contributed by atoms with Crippen LogP contribution < -0.4 is 5.32 Å². The fourth-order valence-electron chi connectivity index (χ4n) is 3.51. The zero-order chi connectivity index (χ0) is 24.4. The van der Waals surface area contributed by atoms with E-state index in [4.69, 9.17) is 16.7 Å². The highest BCUT2D eigenvalue weighted by Gasteiger charge is 2.23. The molecule has 0 radical (unpaired) electrons. The number of carbonyl (C=O) groups is 3. The third-order valence-electron chi connectivity index (χ3n) is 5.40. The zero-order valence-electron chi connectivity index (χ0n) is 17.8. The van der Waals surface area contributed by atoms with E-state index in [0.29, 0.717) is 16.6 Å². The van der Waals surface area contributed by atoms with Crippen LogP contribution in [-0.2, 0) is 16.0 Å². The Balaban J connectivity index is 1.97. The van der Waals surface area contributed by atoms with Gasteiger partial charge in [-0.15, -0.1) is 0 Å². The van der Waals surface area contributed by atoms with Gasteiger partial charge in [-0.05, 0) is 43.2 Å². The van der Waals surface area contributed by atoms with Crippen LogP contribution in [0.3, 0.4) is 0 Å². The molecule has 3 rings (SSSR count). The standard InChI is InChI=1S/C23H21ClF2N2O5/c1-11(23(32)33)10-27-21(30)6-4-14-12(2)28(19-9-18(26)20(29)8-15(14)19)22(31)13-3-5-16(24)17(25)7-13/h3,5,7-9,11,29H,4,6,10H2,1-2H3,(H,27,30)(H,32,33)/t11-/m0/s1. The summed E-state index contributed by atoms with van der Waals surface area (Å²) in [4.78, 5) is 36.3. The summed E-state index contributed by atoms with van der Waals surface area (Å²) >= 11 is 5.69.